The molecule has 2 unspecified atom stereocenters. The van der Waals surface area contributed by atoms with E-state index in [1.54, 1.807) is 0 Å². The molecule has 0 aromatic rings. The maximum atomic E-state index is 12.3. The van der Waals surface area contributed by atoms with Crippen molar-refractivity contribution in [3.05, 3.63) is 0 Å². The Bertz CT molecular complexity index is 383. The lowest BCUT2D eigenvalue weighted by molar-refractivity contribution is -0.140. The van der Waals surface area contributed by atoms with Gasteiger partial charge in [-0.15, -0.1) is 0 Å². The molecule has 0 heterocycles. The van der Waals surface area contributed by atoms with Crippen LogP contribution in [-0.4, -0.2) is 23.0 Å². The summed E-state index contributed by atoms with van der Waals surface area (Å²) in [5, 5.41) is 12.2. The molecule has 0 spiro atoms. The number of aliphatic carboxylic acids is 1. The largest absolute Gasteiger partial charge is 0.481 e. The molecule has 4 nitrogen and oxygen atoms in total. The molecule has 0 bridgehead atoms. The van der Waals surface area contributed by atoms with Gasteiger partial charge in [-0.2, -0.15) is 0 Å². The van der Waals surface area contributed by atoms with Crippen LogP contribution in [0, 0.1) is 23.2 Å². The lowest BCUT2D eigenvalue weighted by Gasteiger charge is -2.24. The summed E-state index contributed by atoms with van der Waals surface area (Å²) in [7, 11) is 0. The minimum absolute atomic E-state index is 0.0702. The van der Waals surface area contributed by atoms with E-state index in [2.05, 4.69) is 12.2 Å². The fourth-order valence-corrected chi connectivity index (χ4v) is 3.83. The molecule has 0 aromatic carbocycles. The van der Waals surface area contributed by atoms with Gasteiger partial charge >= 0.3 is 5.97 Å². The third-order valence-electron chi connectivity index (χ3n) is 5.35. The van der Waals surface area contributed by atoms with Crippen molar-refractivity contribution in [3.8, 4) is 0 Å². The first kappa shape index (κ1) is 15.3. The van der Waals surface area contributed by atoms with E-state index in [0.717, 1.165) is 0 Å². The van der Waals surface area contributed by atoms with Gasteiger partial charge in [-0.05, 0) is 31.1 Å². The first-order valence-electron chi connectivity index (χ1n) is 7.89. The third-order valence-corrected chi connectivity index (χ3v) is 5.35. The maximum absolute atomic E-state index is 12.3. The second kappa shape index (κ2) is 5.74. The molecule has 114 valence electrons. The lowest BCUT2D eigenvalue weighted by Crippen LogP contribution is -2.39. The highest BCUT2D eigenvalue weighted by atomic mass is 16.4. The molecular weight excluding hydrogens is 254 g/mol. The standard InChI is InChI=1S/C16H27NO3/c1-10(11-8-6-4-5-7-9-11)17-14(18)12-13(15(19)20)16(12,2)3/h10-13H,4-9H2,1-3H3,(H,17,18)(H,19,20)/t10-,12?,13?/m0/s1. The molecule has 4 heteroatoms. The van der Waals surface area contributed by atoms with Crippen molar-refractivity contribution in [1.82, 2.24) is 5.32 Å². The second-order valence-electron chi connectivity index (χ2n) is 7.16. The normalized spacial score (nSPS) is 31.1. The Labute approximate surface area is 121 Å². The predicted octanol–water partition coefficient (Wildman–Crippen LogP) is 2.82. The monoisotopic (exact) mass is 281 g/mol. The predicted molar refractivity (Wildman–Crippen MR) is 77.2 cm³/mol. The van der Waals surface area contributed by atoms with Crippen molar-refractivity contribution in [1.29, 1.82) is 0 Å². The fraction of sp³-hybridized carbons (Fsp3) is 0.875. The summed E-state index contributed by atoms with van der Waals surface area (Å²) in [6.45, 7) is 5.80. The van der Waals surface area contributed by atoms with Crippen LogP contribution in [0.3, 0.4) is 0 Å². The number of carbonyl (C=O) groups is 2. The van der Waals surface area contributed by atoms with E-state index < -0.39 is 17.3 Å². The van der Waals surface area contributed by atoms with Crippen LogP contribution in [0.4, 0.5) is 0 Å². The molecular formula is C16H27NO3. The molecule has 2 fully saturated rings. The highest BCUT2D eigenvalue weighted by molar-refractivity contribution is 5.91. The average molecular weight is 281 g/mol. The van der Waals surface area contributed by atoms with Gasteiger partial charge in [-0.1, -0.05) is 39.5 Å². The molecule has 0 aliphatic heterocycles. The van der Waals surface area contributed by atoms with Gasteiger partial charge in [0, 0.05) is 6.04 Å². The zero-order valence-corrected chi connectivity index (χ0v) is 12.8. The molecule has 2 N–H and O–H groups in total. The highest BCUT2D eigenvalue weighted by Crippen LogP contribution is 2.58. The van der Waals surface area contributed by atoms with E-state index in [4.69, 9.17) is 5.11 Å². The van der Waals surface area contributed by atoms with E-state index in [-0.39, 0.29) is 17.9 Å². The summed E-state index contributed by atoms with van der Waals surface area (Å²) < 4.78 is 0. The minimum Gasteiger partial charge on any atom is -0.481 e. The van der Waals surface area contributed by atoms with Gasteiger partial charge < -0.3 is 10.4 Å². The van der Waals surface area contributed by atoms with E-state index >= 15 is 0 Å². The number of rotatable bonds is 4. The summed E-state index contributed by atoms with van der Waals surface area (Å²) in [4.78, 5) is 23.4. The van der Waals surface area contributed by atoms with E-state index in [1.165, 1.54) is 38.5 Å². The van der Waals surface area contributed by atoms with Gasteiger partial charge in [0.05, 0.1) is 11.8 Å². The average Bonchev–Trinajstić information content (AvgIpc) is 3.01. The van der Waals surface area contributed by atoms with Crippen molar-refractivity contribution >= 4 is 11.9 Å². The number of amides is 1. The van der Waals surface area contributed by atoms with Gasteiger partial charge in [0.2, 0.25) is 5.91 Å². The molecule has 3 atom stereocenters. The third kappa shape index (κ3) is 2.99. The van der Waals surface area contributed by atoms with Crippen LogP contribution in [0.1, 0.15) is 59.3 Å². The van der Waals surface area contributed by atoms with E-state index in [9.17, 15) is 9.59 Å². The first-order chi connectivity index (χ1) is 9.35. The van der Waals surface area contributed by atoms with Gasteiger partial charge in [-0.3, -0.25) is 9.59 Å². The molecule has 0 radical (unpaired) electrons. The summed E-state index contributed by atoms with van der Waals surface area (Å²) in [5.41, 5.74) is -0.404. The summed E-state index contributed by atoms with van der Waals surface area (Å²) in [5.74, 6) is -1.26. The van der Waals surface area contributed by atoms with Crippen LogP contribution >= 0.6 is 0 Å². The number of hydrogen-bond acceptors (Lipinski definition) is 2. The molecule has 20 heavy (non-hydrogen) atoms. The molecule has 2 aliphatic rings. The van der Waals surface area contributed by atoms with E-state index in [1.807, 2.05) is 13.8 Å². The fourth-order valence-electron chi connectivity index (χ4n) is 3.83. The lowest BCUT2D eigenvalue weighted by atomic mass is 9.93. The van der Waals surface area contributed by atoms with E-state index in [0.29, 0.717) is 5.92 Å². The van der Waals surface area contributed by atoms with Crippen molar-refractivity contribution in [3.63, 3.8) is 0 Å². The highest BCUT2D eigenvalue weighted by Gasteiger charge is 2.65. The smallest absolute Gasteiger partial charge is 0.307 e. The van der Waals surface area contributed by atoms with Crippen molar-refractivity contribution in [2.24, 2.45) is 23.2 Å². The van der Waals surface area contributed by atoms with Crippen molar-refractivity contribution in [2.75, 3.05) is 0 Å². The molecule has 2 aliphatic carbocycles. The van der Waals surface area contributed by atoms with Gasteiger partial charge in [0.25, 0.3) is 0 Å². The Kier molecular flexibility index (Phi) is 4.40. The Morgan fingerprint density at radius 1 is 1.10 bits per heavy atom. The van der Waals surface area contributed by atoms with Crippen LogP contribution in [0.2, 0.25) is 0 Å². The molecule has 2 rings (SSSR count). The number of nitrogens with one attached hydrogen (secondary N) is 1. The number of hydrogen-bond donors (Lipinski definition) is 2. The van der Waals surface area contributed by atoms with Crippen LogP contribution in [0.5, 0.6) is 0 Å². The Hall–Kier alpha value is -1.06. The zero-order chi connectivity index (χ0) is 14.9. The first-order valence-corrected chi connectivity index (χ1v) is 7.89. The number of carboxylic acid groups (broad SMARTS) is 1. The van der Waals surface area contributed by atoms with Crippen molar-refractivity contribution in [2.45, 2.75) is 65.3 Å². The number of carbonyl (C=O) groups excluding carboxylic acids is 1. The summed E-state index contributed by atoms with van der Waals surface area (Å²) in [6, 6.07) is 0.159. The zero-order valence-electron chi connectivity index (χ0n) is 12.8. The minimum atomic E-state index is -0.850. The quantitative estimate of drug-likeness (QED) is 0.779. The summed E-state index contributed by atoms with van der Waals surface area (Å²) >= 11 is 0. The molecule has 2 saturated carbocycles. The Morgan fingerprint density at radius 2 is 1.65 bits per heavy atom. The number of carboxylic acids is 1. The topological polar surface area (TPSA) is 66.4 Å². The van der Waals surface area contributed by atoms with Crippen LogP contribution in [0.15, 0.2) is 0 Å². The molecule has 1 amide bonds. The maximum Gasteiger partial charge on any atom is 0.307 e. The second-order valence-corrected chi connectivity index (χ2v) is 7.16. The molecule has 0 saturated heterocycles. The van der Waals surface area contributed by atoms with Crippen LogP contribution < -0.4 is 5.32 Å². The van der Waals surface area contributed by atoms with Crippen molar-refractivity contribution < 1.29 is 14.7 Å². The SMILES string of the molecule is C[C@H](NC(=O)C1C(C(=O)O)C1(C)C)C1CCCCCC1. The van der Waals surface area contributed by atoms with Crippen LogP contribution in [-0.2, 0) is 9.59 Å². The Morgan fingerprint density at radius 3 is 2.10 bits per heavy atom. The Balaban J connectivity index is 1.90. The summed E-state index contributed by atoms with van der Waals surface area (Å²) in [6.07, 6.45) is 7.45. The van der Waals surface area contributed by atoms with Crippen LogP contribution in [0.25, 0.3) is 0 Å². The molecule has 0 aromatic heterocycles. The van der Waals surface area contributed by atoms with Gasteiger partial charge in [0.15, 0.2) is 0 Å². The van der Waals surface area contributed by atoms with Gasteiger partial charge in [-0.25, -0.2) is 0 Å². The van der Waals surface area contributed by atoms with Gasteiger partial charge in [0.1, 0.15) is 0 Å².